The smallest absolute Gasteiger partial charge is 0.248 e. The molecule has 2 aromatic carbocycles. The molecular weight excluding hydrogens is 548 g/mol. The molecule has 0 aliphatic heterocycles. The highest BCUT2D eigenvalue weighted by Gasteiger charge is 2.35. The molecule has 1 saturated carbocycles. The van der Waals surface area contributed by atoms with Gasteiger partial charge in [0.25, 0.3) is 0 Å². The molecule has 0 spiro atoms. The molecule has 1 aliphatic carbocycles. The SMILES string of the molecule is COc1ccc([C@H](C(=O)NC2CCCCC2)N(C(=O)CCCC(=O)Nc2ccccn2)c2cc(OC)ccc2OC)cc1. The van der Waals surface area contributed by atoms with Crippen LogP contribution in [-0.4, -0.2) is 50.1 Å². The number of aromatic nitrogens is 1. The second kappa shape index (κ2) is 15.6. The largest absolute Gasteiger partial charge is 0.497 e. The molecule has 1 heterocycles. The Kier molecular flexibility index (Phi) is 11.4. The third-order valence-electron chi connectivity index (χ3n) is 7.53. The molecule has 0 bridgehead atoms. The van der Waals surface area contributed by atoms with Gasteiger partial charge in [0.15, 0.2) is 0 Å². The van der Waals surface area contributed by atoms with Crippen LogP contribution in [0.4, 0.5) is 11.5 Å². The Balaban J connectivity index is 1.67. The highest BCUT2D eigenvalue weighted by Crippen LogP contribution is 2.39. The lowest BCUT2D eigenvalue weighted by molar-refractivity contribution is -0.127. The molecule has 2 N–H and O–H groups in total. The predicted octanol–water partition coefficient (Wildman–Crippen LogP) is 5.44. The van der Waals surface area contributed by atoms with Crippen LogP contribution in [-0.2, 0) is 14.4 Å². The van der Waals surface area contributed by atoms with E-state index in [0.717, 1.165) is 32.1 Å². The van der Waals surface area contributed by atoms with E-state index in [2.05, 4.69) is 15.6 Å². The van der Waals surface area contributed by atoms with Crippen molar-refractivity contribution >= 4 is 29.2 Å². The van der Waals surface area contributed by atoms with Crippen molar-refractivity contribution in [1.82, 2.24) is 10.3 Å². The lowest BCUT2D eigenvalue weighted by Crippen LogP contribution is -2.47. The molecule has 0 saturated heterocycles. The summed E-state index contributed by atoms with van der Waals surface area (Å²) in [5.41, 5.74) is 1.00. The highest BCUT2D eigenvalue weighted by atomic mass is 16.5. The molecule has 4 rings (SSSR count). The molecule has 1 aromatic heterocycles. The lowest BCUT2D eigenvalue weighted by Gasteiger charge is -2.34. The molecule has 10 nitrogen and oxygen atoms in total. The summed E-state index contributed by atoms with van der Waals surface area (Å²) in [5.74, 6) is 1.11. The number of carbonyl (C=O) groups excluding carboxylic acids is 3. The molecule has 1 atom stereocenters. The quantitative estimate of drug-likeness (QED) is 0.273. The molecule has 3 amide bonds. The van der Waals surface area contributed by atoms with Crippen LogP contribution in [0.25, 0.3) is 0 Å². The molecule has 43 heavy (non-hydrogen) atoms. The van der Waals surface area contributed by atoms with Crippen molar-refractivity contribution in [2.45, 2.75) is 63.5 Å². The zero-order valence-electron chi connectivity index (χ0n) is 25.0. The molecular formula is C33H40N4O6. The number of nitrogens with zero attached hydrogens (tertiary/aromatic N) is 2. The Morgan fingerprint density at radius 1 is 0.884 bits per heavy atom. The van der Waals surface area contributed by atoms with E-state index in [1.54, 1.807) is 74.0 Å². The number of carbonyl (C=O) groups is 3. The Morgan fingerprint density at radius 3 is 2.26 bits per heavy atom. The summed E-state index contributed by atoms with van der Waals surface area (Å²) in [6.45, 7) is 0. The van der Waals surface area contributed by atoms with Crippen LogP contribution in [0.3, 0.4) is 0 Å². The van der Waals surface area contributed by atoms with Gasteiger partial charge in [-0.2, -0.15) is 0 Å². The minimum atomic E-state index is -1.01. The Morgan fingerprint density at radius 2 is 1.60 bits per heavy atom. The van der Waals surface area contributed by atoms with Crippen molar-refractivity contribution in [3.05, 3.63) is 72.4 Å². The second-order valence-corrected chi connectivity index (χ2v) is 10.4. The highest BCUT2D eigenvalue weighted by molar-refractivity contribution is 6.03. The van der Waals surface area contributed by atoms with Gasteiger partial charge in [-0.1, -0.05) is 37.5 Å². The number of hydrogen-bond donors (Lipinski definition) is 2. The van der Waals surface area contributed by atoms with E-state index in [4.69, 9.17) is 14.2 Å². The summed E-state index contributed by atoms with van der Waals surface area (Å²) in [7, 11) is 4.62. The summed E-state index contributed by atoms with van der Waals surface area (Å²) in [6, 6.07) is 16.5. The second-order valence-electron chi connectivity index (χ2n) is 10.4. The fourth-order valence-corrected chi connectivity index (χ4v) is 5.30. The van der Waals surface area contributed by atoms with Gasteiger partial charge in [-0.05, 0) is 61.2 Å². The third-order valence-corrected chi connectivity index (χ3v) is 7.53. The number of pyridine rings is 1. The first-order valence-electron chi connectivity index (χ1n) is 14.6. The number of amides is 3. The van der Waals surface area contributed by atoms with E-state index in [0.29, 0.717) is 34.3 Å². The van der Waals surface area contributed by atoms with Gasteiger partial charge < -0.3 is 24.8 Å². The van der Waals surface area contributed by atoms with E-state index in [-0.39, 0.29) is 43.0 Å². The molecule has 3 aromatic rings. The first-order chi connectivity index (χ1) is 20.9. The van der Waals surface area contributed by atoms with Gasteiger partial charge in [-0.15, -0.1) is 0 Å². The summed E-state index contributed by atoms with van der Waals surface area (Å²) in [5, 5.41) is 5.96. The van der Waals surface area contributed by atoms with Crippen LogP contribution in [0.1, 0.15) is 63.0 Å². The van der Waals surface area contributed by atoms with Crippen molar-refractivity contribution in [2.75, 3.05) is 31.5 Å². The van der Waals surface area contributed by atoms with Gasteiger partial charge in [0.2, 0.25) is 17.7 Å². The van der Waals surface area contributed by atoms with Crippen LogP contribution < -0.4 is 29.7 Å². The summed E-state index contributed by atoms with van der Waals surface area (Å²) in [6.07, 6.45) is 7.00. The first-order valence-corrected chi connectivity index (χ1v) is 14.6. The maximum atomic E-state index is 14.2. The van der Waals surface area contributed by atoms with Crippen LogP contribution in [0.2, 0.25) is 0 Å². The fraction of sp³-hybridized carbons (Fsp3) is 0.394. The molecule has 228 valence electrons. The van der Waals surface area contributed by atoms with Gasteiger partial charge in [0.1, 0.15) is 29.1 Å². The zero-order valence-corrected chi connectivity index (χ0v) is 25.0. The minimum Gasteiger partial charge on any atom is -0.497 e. The van der Waals surface area contributed by atoms with Gasteiger partial charge in [-0.3, -0.25) is 19.3 Å². The number of anilines is 2. The first kappa shape index (κ1) is 31.3. The molecule has 0 radical (unpaired) electrons. The van der Waals surface area contributed by atoms with Crippen LogP contribution in [0, 0.1) is 0 Å². The van der Waals surface area contributed by atoms with Crippen LogP contribution in [0.5, 0.6) is 17.2 Å². The summed E-state index contributed by atoms with van der Waals surface area (Å²) < 4.78 is 16.5. The Bertz CT molecular complexity index is 1360. The zero-order chi connectivity index (χ0) is 30.6. The van der Waals surface area contributed by atoms with Crippen molar-refractivity contribution in [1.29, 1.82) is 0 Å². The number of ether oxygens (including phenoxy) is 3. The minimum absolute atomic E-state index is 0.0133. The maximum Gasteiger partial charge on any atom is 0.248 e. The average molecular weight is 589 g/mol. The molecule has 1 fully saturated rings. The number of methoxy groups -OCH3 is 3. The normalized spacial score (nSPS) is 13.8. The van der Waals surface area contributed by atoms with Gasteiger partial charge >= 0.3 is 0 Å². The Labute approximate surface area is 252 Å². The van der Waals surface area contributed by atoms with E-state index in [1.807, 2.05) is 0 Å². The van der Waals surface area contributed by atoms with Crippen LogP contribution in [0.15, 0.2) is 66.9 Å². The molecule has 1 aliphatic rings. The van der Waals surface area contributed by atoms with Crippen molar-refractivity contribution in [2.24, 2.45) is 0 Å². The van der Waals surface area contributed by atoms with Crippen molar-refractivity contribution in [3.63, 3.8) is 0 Å². The predicted molar refractivity (Wildman–Crippen MR) is 165 cm³/mol. The van der Waals surface area contributed by atoms with Crippen molar-refractivity contribution < 1.29 is 28.6 Å². The number of benzene rings is 2. The van der Waals surface area contributed by atoms with Gasteiger partial charge in [0, 0.05) is 31.1 Å². The summed E-state index contributed by atoms with van der Waals surface area (Å²) >= 11 is 0. The van der Waals surface area contributed by atoms with E-state index >= 15 is 0 Å². The Hall–Kier alpha value is -4.60. The van der Waals surface area contributed by atoms with Gasteiger partial charge in [0.05, 0.1) is 27.0 Å². The lowest BCUT2D eigenvalue weighted by atomic mass is 9.94. The number of nitrogens with one attached hydrogen (secondary N) is 2. The summed E-state index contributed by atoms with van der Waals surface area (Å²) in [4.78, 5) is 46.5. The van der Waals surface area contributed by atoms with E-state index in [1.165, 1.54) is 19.1 Å². The standard InChI is InChI=1S/C33H40N4O6/c1-41-25-17-15-23(16-18-25)32(33(40)35-24-10-5-4-6-11-24)37(27-22-26(42-2)19-20-28(27)43-3)31(39)14-9-13-30(38)36-29-12-7-8-21-34-29/h7-8,12,15-22,24,32H,4-6,9-11,13-14H2,1-3H3,(H,35,40)(H,34,36,38)/t32-/m1/s1. The third kappa shape index (κ3) is 8.47. The average Bonchev–Trinajstić information content (AvgIpc) is 3.04. The molecule has 0 unspecified atom stereocenters. The van der Waals surface area contributed by atoms with Gasteiger partial charge in [-0.25, -0.2) is 4.98 Å². The number of rotatable bonds is 13. The van der Waals surface area contributed by atoms with E-state index in [9.17, 15) is 14.4 Å². The molecule has 10 heteroatoms. The van der Waals surface area contributed by atoms with Crippen LogP contribution >= 0.6 is 0 Å². The van der Waals surface area contributed by atoms with E-state index < -0.39 is 6.04 Å². The maximum absolute atomic E-state index is 14.2. The number of hydrogen-bond acceptors (Lipinski definition) is 7. The fourth-order valence-electron chi connectivity index (χ4n) is 5.30. The topological polar surface area (TPSA) is 119 Å². The monoisotopic (exact) mass is 588 g/mol. The van der Waals surface area contributed by atoms with Crippen molar-refractivity contribution in [3.8, 4) is 17.2 Å².